The second-order valence-corrected chi connectivity index (χ2v) is 2.97. The van der Waals surface area contributed by atoms with E-state index in [1.165, 1.54) is 17.9 Å². The fourth-order valence-electron chi connectivity index (χ4n) is 0.654. The molecule has 6 nitrogen and oxygen atoms in total. The average molecular weight is 202 g/mol. The number of carbonyl (C=O) groups is 1. The Morgan fingerprint density at radius 2 is 2.62 bits per heavy atom. The lowest BCUT2D eigenvalue weighted by Gasteiger charge is -2.01. The highest BCUT2D eigenvalue weighted by atomic mass is 32.1. The summed E-state index contributed by atoms with van der Waals surface area (Å²) in [5.74, 6) is -0.462. The molecule has 0 aliphatic rings. The quantitative estimate of drug-likeness (QED) is 0.604. The van der Waals surface area contributed by atoms with Gasteiger partial charge in [-0.2, -0.15) is 4.37 Å². The summed E-state index contributed by atoms with van der Waals surface area (Å²) >= 11 is 1.27. The van der Waals surface area contributed by atoms with Crippen molar-refractivity contribution in [3.05, 3.63) is 6.33 Å². The van der Waals surface area contributed by atoms with Crippen LogP contribution in [0.5, 0.6) is 0 Å². The van der Waals surface area contributed by atoms with Gasteiger partial charge in [-0.05, 0) is 0 Å². The second kappa shape index (κ2) is 5.44. The Hall–Kier alpha value is -1.21. The molecular formula is C6H10N4O2S. The van der Waals surface area contributed by atoms with Crippen LogP contribution >= 0.6 is 11.5 Å². The zero-order valence-corrected chi connectivity index (χ0v) is 7.71. The third kappa shape index (κ3) is 4.38. The topological polar surface area (TPSA) is 90.1 Å². The molecule has 1 heterocycles. The van der Waals surface area contributed by atoms with Crippen molar-refractivity contribution >= 4 is 22.6 Å². The molecule has 0 radical (unpaired) electrons. The van der Waals surface area contributed by atoms with Crippen LogP contribution in [0.3, 0.4) is 0 Å². The maximum Gasteiger partial charge on any atom is 0.243 e. The first-order chi connectivity index (χ1) is 6.29. The smallest absolute Gasteiger partial charge is 0.243 e. The number of nitrogens with zero attached hydrogens (tertiary/aromatic N) is 2. The molecule has 0 fully saturated rings. The van der Waals surface area contributed by atoms with Crippen LogP contribution in [0.4, 0.5) is 5.13 Å². The molecule has 3 N–H and O–H groups in total. The highest BCUT2D eigenvalue weighted by molar-refractivity contribution is 7.09. The number of carbonyl (C=O) groups excluding carboxylic acids is 1. The standard InChI is InChI=1S/C6H10N4O2S/c7-5(11)3-12-2-1-8-6-9-4-10-13-6/h4H,1-3H2,(H2,7,11)(H,8,9,10). The van der Waals surface area contributed by atoms with Crippen molar-refractivity contribution in [1.29, 1.82) is 0 Å². The normalized spacial score (nSPS) is 9.85. The molecule has 72 valence electrons. The maximum absolute atomic E-state index is 10.2. The number of hydrogen-bond acceptors (Lipinski definition) is 6. The van der Waals surface area contributed by atoms with Gasteiger partial charge in [0.25, 0.3) is 0 Å². The number of nitrogens with two attached hydrogens (primary N) is 1. The van der Waals surface area contributed by atoms with Crippen molar-refractivity contribution in [1.82, 2.24) is 9.36 Å². The van der Waals surface area contributed by atoms with Crippen LogP contribution in [-0.2, 0) is 9.53 Å². The highest BCUT2D eigenvalue weighted by Gasteiger charge is 1.95. The summed E-state index contributed by atoms with van der Waals surface area (Å²) in [4.78, 5) is 14.1. The van der Waals surface area contributed by atoms with Gasteiger partial charge in [-0.15, -0.1) is 0 Å². The molecule has 0 bridgehead atoms. The molecule has 0 spiro atoms. The molecule has 0 aromatic carbocycles. The number of ether oxygens (including phenoxy) is 1. The Kier molecular flexibility index (Phi) is 4.13. The van der Waals surface area contributed by atoms with E-state index >= 15 is 0 Å². The van der Waals surface area contributed by atoms with E-state index in [0.29, 0.717) is 13.2 Å². The molecule has 0 atom stereocenters. The number of rotatable bonds is 6. The number of amides is 1. The predicted octanol–water partition coefficient (Wildman–Crippen LogP) is -0.548. The SMILES string of the molecule is NC(=O)COCCNc1ncns1. The van der Waals surface area contributed by atoms with Crippen LogP contribution in [0.1, 0.15) is 0 Å². The van der Waals surface area contributed by atoms with Crippen LogP contribution < -0.4 is 11.1 Å². The van der Waals surface area contributed by atoms with Crippen molar-refractivity contribution in [2.75, 3.05) is 25.1 Å². The van der Waals surface area contributed by atoms with Gasteiger partial charge in [-0.3, -0.25) is 4.79 Å². The van der Waals surface area contributed by atoms with Crippen molar-refractivity contribution in [3.8, 4) is 0 Å². The van der Waals surface area contributed by atoms with E-state index in [1.807, 2.05) is 0 Å². The highest BCUT2D eigenvalue weighted by Crippen LogP contribution is 2.04. The molecule has 1 aromatic heterocycles. The van der Waals surface area contributed by atoms with Crippen molar-refractivity contribution in [3.63, 3.8) is 0 Å². The summed E-state index contributed by atoms with van der Waals surface area (Å²) in [7, 11) is 0. The lowest BCUT2D eigenvalue weighted by atomic mass is 10.6. The van der Waals surface area contributed by atoms with Gasteiger partial charge in [0.05, 0.1) is 6.61 Å². The number of anilines is 1. The second-order valence-electron chi connectivity index (χ2n) is 2.19. The first-order valence-electron chi connectivity index (χ1n) is 3.65. The van der Waals surface area contributed by atoms with E-state index in [4.69, 9.17) is 10.5 Å². The van der Waals surface area contributed by atoms with Gasteiger partial charge in [0.2, 0.25) is 11.0 Å². The fraction of sp³-hybridized carbons (Fsp3) is 0.500. The minimum absolute atomic E-state index is 0.0439. The number of nitrogens with one attached hydrogen (secondary N) is 1. The largest absolute Gasteiger partial charge is 0.370 e. The predicted molar refractivity (Wildman–Crippen MR) is 48.4 cm³/mol. The molecule has 0 aliphatic carbocycles. The van der Waals surface area contributed by atoms with E-state index in [2.05, 4.69) is 14.7 Å². The first-order valence-corrected chi connectivity index (χ1v) is 4.43. The van der Waals surface area contributed by atoms with Gasteiger partial charge < -0.3 is 15.8 Å². The van der Waals surface area contributed by atoms with Gasteiger partial charge >= 0.3 is 0 Å². The summed E-state index contributed by atoms with van der Waals surface area (Å²) in [6.45, 7) is 0.961. The van der Waals surface area contributed by atoms with Gasteiger partial charge in [-0.1, -0.05) is 0 Å². The third-order valence-corrected chi connectivity index (χ3v) is 1.75. The fourth-order valence-corrected chi connectivity index (χ4v) is 1.11. The van der Waals surface area contributed by atoms with Gasteiger partial charge in [-0.25, -0.2) is 4.98 Å². The number of hydrogen-bond donors (Lipinski definition) is 2. The van der Waals surface area contributed by atoms with Gasteiger partial charge in [0.1, 0.15) is 12.9 Å². The molecule has 1 aromatic rings. The van der Waals surface area contributed by atoms with Crippen LogP contribution in [-0.4, -0.2) is 35.0 Å². The Balaban J connectivity index is 1.99. The summed E-state index contributed by atoms with van der Waals surface area (Å²) in [6.07, 6.45) is 1.47. The van der Waals surface area contributed by atoms with Crippen LogP contribution in [0.15, 0.2) is 6.33 Å². The molecular weight excluding hydrogens is 192 g/mol. The molecule has 0 aliphatic heterocycles. The van der Waals surface area contributed by atoms with Crippen LogP contribution in [0, 0.1) is 0 Å². The minimum atomic E-state index is -0.462. The lowest BCUT2D eigenvalue weighted by Crippen LogP contribution is -2.20. The Labute approximate surface area is 79.3 Å². The molecule has 1 amide bonds. The summed E-state index contributed by atoms with van der Waals surface area (Å²) in [5.41, 5.74) is 4.86. The lowest BCUT2D eigenvalue weighted by molar-refractivity contribution is -0.122. The van der Waals surface area contributed by atoms with E-state index < -0.39 is 5.91 Å². The zero-order chi connectivity index (χ0) is 9.52. The van der Waals surface area contributed by atoms with Crippen molar-refractivity contribution in [2.24, 2.45) is 5.73 Å². The Bertz CT molecular complexity index is 251. The number of aromatic nitrogens is 2. The van der Waals surface area contributed by atoms with Crippen molar-refractivity contribution < 1.29 is 9.53 Å². The Morgan fingerprint density at radius 3 is 3.23 bits per heavy atom. The van der Waals surface area contributed by atoms with Crippen LogP contribution in [0.25, 0.3) is 0 Å². The van der Waals surface area contributed by atoms with Crippen molar-refractivity contribution in [2.45, 2.75) is 0 Å². The summed E-state index contributed by atoms with van der Waals surface area (Å²) in [5, 5.41) is 3.70. The van der Waals surface area contributed by atoms with E-state index in [0.717, 1.165) is 5.13 Å². The van der Waals surface area contributed by atoms with Gasteiger partial charge in [0, 0.05) is 18.1 Å². The molecule has 0 saturated heterocycles. The maximum atomic E-state index is 10.2. The first kappa shape index (κ1) is 9.87. The van der Waals surface area contributed by atoms with Crippen LogP contribution in [0.2, 0.25) is 0 Å². The van der Waals surface area contributed by atoms with Gasteiger partial charge in [0.15, 0.2) is 0 Å². The molecule has 7 heteroatoms. The van der Waals surface area contributed by atoms with E-state index in [9.17, 15) is 4.79 Å². The number of primary amides is 1. The summed E-state index contributed by atoms with van der Waals surface area (Å²) < 4.78 is 8.72. The molecule has 0 saturated carbocycles. The summed E-state index contributed by atoms with van der Waals surface area (Å²) in [6, 6.07) is 0. The molecule has 13 heavy (non-hydrogen) atoms. The van der Waals surface area contributed by atoms with E-state index in [1.54, 1.807) is 0 Å². The van der Waals surface area contributed by atoms with E-state index in [-0.39, 0.29) is 6.61 Å². The zero-order valence-electron chi connectivity index (χ0n) is 6.90. The third-order valence-electron chi connectivity index (χ3n) is 1.13. The monoisotopic (exact) mass is 202 g/mol. The average Bonchev–Trinajstić information content (AvgIpc) is 2.55. The molecule has 0 unspecified atom stereocenters. The minimum Gasteiger partial charge on any atom is -0.370 e. The Morgan fingerprint density at radius 1 is 1.77 bits per heavy atom. The molecule has 1 rings (SSSR count).